The Morgan fingerprint density at radius 3 is 2.64 bits per heavy atom. The van der Waals surface area contributed by atoms with E-state index in [-0.39, 0.29) is 23.2 Å². The van der Waals surface area contributed by atoms with E-state index in [1.54, 1.807) is 13.8 Å². The topological polar surface area (TPSA) is 124 Å². The molecule has 36 heavy (non-hydrogen) atoms. The zero-order valence-electron chi connectivity index (χ0n) is 19.2. The van der Waals surface area contributed by atoms with Crippen LogP contribution in [0.1, 0.15) is 42.0 Å². The van der Waals surface area contributed by atoms with Gasteiger partial charge >= 0.3 is 11.9 Å². The van der Waals surface area contributed by atoms with Crippen LogP contribution in [-0.4, -0.2) is 47.6 Å². The number of halogens is 5. The van der Waals surface area contributed by atoms with Crippen molar-refractivity contribution in [2.24, 2.45) is 0 Å². The van der Waals surface area contributed by atoms with Gasteiger partial charge in [0.25, 0.3) is 5.91 Å². The van der Waals surface area contributed by atoms with E-state index < -0.39 is 53.6 Å². The van der Waals surface area contributed by atoms with Gasteiger partial charge in [0.05, 0.1) is 5.69 Å². The molecule has 3 heterocycles. The van der Waals surface area contributed by atoms with Gasteiger partial charge in [0.2, 0.25) is 5.88 Å². The molecule has 2 N–H and O–H groups in total. The first-order chi connectivity index (χ1) is 16.9. The number of hydrogen-bond acceptors (Lipinski definition) is 7. The van der Waals surface area contributed by atoms with Crippen molar-refractivity contribution >= 4 is 23.2 Å². The van der Waals surface area contributed by atoms with Crippen LogP contribution in [0.5, 0.6) is 5.88 Å². The number of carbonyl (C=O) groups is 1. The molecule has 194 valence electrons. The number of pyridine rings is 2. The molecule has 1 unspecified atom stereocenters. The molecule has 0 aliphatic carbocycles. The maximum absolute atomic E-state index is 15.1. The molecule has 0 bridgehead atoms. The fraction of sp³-hybridized carbons (Fsp3) is 0.381. The van der Waals surface area contributed by atoms with E-state index >= 15 is 4.39 Å². The van der Waals surface area contributed by atoms with Gasteiger partial charge in [-0.15, -0.1) is 5.10 Å². The minimum absolute atomic E-state index is 0.0468. The molecule has 10 nitrogen and oxygen atoms in total. The Labute approximate surface area is 206 Å². The summed E-state index contributed by atoms with van der Waals surface area (Å²) in [6, 6.07) is 2.09. The van der Waals surface area contributed by atoms with Crippen molar-refractivity contribution in [3.05, 3.63) is 56.7 Å². The summed E-state index contributed by atoms with van der Waals surface area (Å²) in [5, 5.41) is 15.6. The summed E-state index contributed by atoms with van der Waals surface area (Å²) in [6.07, 6.45) is -5.45. The number of carbonyl (C=O) groups excluding carboxylic acids is 1. The highest BCUT2D eigenvalue weighted by Crippen LogP contribution is 2.30. The highest BCUT2D eigenvalue weighted by molar-refractivity contribution is 6.32. The van der Waals surface area contributed by atoms with Crippen LogP contribution in [-0.2, 0) is 13.2 Å². The number of amides is 1. The number of rotatable bonds is 8. The largest absolute Gasteiger partial charge is 0.464 e. The number of aliphatic hydroxyl groups excluding tert-OH is 1. The smallest absolute Gasteiger partial charge is 0.425 e. The van der Waals surface area contributed by atoms with Crippen LogP contribution in [0.4, 0.5) is 23.2 Å². The fourth-order valence-corrected chi connectivity index (χ4v) is 3.35. The molecule has 0 aliphatic rings. The zero-order valence-corrected chi connectivity index (χ0v) is 20.0. The predicted molar refractivity (Wildman–Crippen MR) is 120 cm³/mol. The third-order valence-corrected chi connectivity index (χ3v) is 5.28. The molecule has 1 amide bonds. The lowest BCUT2D eigenvalue weighted by Gasteiger charge is -2.19. The van der Waals surface area contributed by atoms with Crippen molar-refractivity contribution in [1.82, 2.24) is 24.3 Å². The molecule has 0 fully saturated rings. The van der Waals surface area contributed by atoms with Gasteiger partial charge < -0.3 is 15.2 Å². The first kappa shape index (κ1) is 27.1. The van der Waals surface area contributed by atoms with Crippen LogP contribution in [0.3, 0.4) is 0 Å². The molecular weight excluding hydrogens is 512 g/mol. The second-order valence-electron chi connectivity index (χ2n) is 7.62. The van der Waals surface area contributed by atoms with E-state index in [1.807, 2.05) is 0 Å². The number of ether oxygens (including phenoxy) is 1. The Morgan fingerprint density at radius 2 is 2.06 bits per heavy atom. The summed E-state index contributed by atoms with van der Waals surface area (Å²) in [5.74, 6) is -4.18. The first-order valence-corrected chi connectivity index (χ1v) is 10.9. The van der Waals surface area contributed by atoms with Crippen molar-refractivity contribution < 1.29 is 32.2 Å². The normalized spacial score (nSPS) is 12.5. The second-order valence-corrected chi connectivity index (χ2v) is 7.97. The van der Waals surface area contributed by atoms with Gasteiger partial charge in [0, 0.05) is 12.7 Å². The monoisotopic (exact) mass is 532 g/mol. The standard InChI is InChI=1S/C21H21ClF4N6O4/c1-4-7-31-14(9-33)30-32(20(31)35)17-13(23)8-12(19(29-17)36-11(3)21(24,25)26)18(34)28-15-10(2)5-6-27-16(15)22/h5-6,8,11,33H,4,7,9H2,1-3H3,(H,28,34). The SMILES string of the molecule is CCCn1c(CO)nn(-c2nc(OC(C)C(F)(F)F)c(C(=O)Nc3c(C)ccnc3Cl)cc2F)c1=O. The summed E-state index contributed by atoms with van der Waals surface area (Å²) < 4.78 is 61.2. The Balaban J connectivity index is 2.16. The van der Waals surface area contributed by atoms with Crippen LogP contribution in [0.25, 0.3) is 5.82 Å². The number of aliphatic hydroxyl groups is 1. The molecule has 1 atom stereocenters. The molecular formula is C21H21ClF4N6O4. The number of hydrogen-bond donors (Lipinski definition) is 2. The van der Waals surface area contributed by atoms with Crippen LogP contribution < -0.4 is 15.7 Å². The van der Waals surface area contributed by atoms with Gasteiger partial charge in [-0.2, -0.15) is 22.8 Å². The lowest BCUT2D eigenvalue weighted by molar-refractivity contribution is -0.190. The Kier molecular flexibility index (Phi) is 7.99. The Hall–Kier alpha value is -3.52. The molecule has 3 aromatic heterocycles. The van der Waals surface area contributed by atoms with Crippen molar-refractivity contribution in [2.75, 3.05) is 5.32 Å². The van der Waals surface area contributed by atoms with Gasteiger partial charge in [-0.3, -0.25) is 9.36 Å². The van der Waals surface area contributed by atoms with E-state index in [9.17, 15) is 27.9 Å². The van der Waals surface area contributed by atoms with Crippen molar-refractivity contribution in [2.45, 2.75) is 52.6 Å². The zero-order chi connectivity index (χ0) is 26.8. The van der Waals surface area contributed by atoms with Crippen molar-refractivity contribution in [3.8, 4) is 11.7 Å². The average Bonchev–Trinajstić information content (AvgIpc) is 3.12. The first-order valence-electron chi connectivity index (χ1n) is 10.5. The predicted octanol–water partition coefficient (Wildman–Crippen LogP) is 3.41. The highest BCUT2D eigenvalue weighted by Gasteiger charge is 2.39. The quantitative estimate of drug-likeness (QED) is 0.336. The summed E-state index contributed by atoms with van der Waals surface area (Å²) in [6.45, 7) is 3.48. The Morgan fingerprint density at radius 1 is 1.36 bits per heavy atom. The van der Waals surface area contributed by atoms with Crippen LogP contribution >= 0.6 is 11.6 Å². The molecule has 0 aromatic carbocycles. The number of aryl methyl sites for hydroxylation is 1. The lowest BCUT2D eigenvalue weighted by atomic mass is 10.2. The van der Waals surface area contributed by atoms with Gasteiger partial charge in [-0.05, 0) is 38.0 Å². The van der Waals surface area contributed by atoms with Crippen LogP contribution in [0, 0.1) is 12.7 Å². The molecule has 15 heteroatoms. The van der Waals surface area contributed by atoms with Crippen molar-refractivity contribution in [3.63, 3.8) is 0 Å². The van der Waals surface area contributed by atoms with Gasteiger partial charge in [-0.1, -0.05) is 18.5 Å². The van der Waals surface area contributed by atoms with E-state index in [1.165, 1.54) is 12.3 Å². The number of anilines is 1. The molecule has 3 rings (SSSR count). The average molecular weight is 533 g/mol. The molecule has 0 radical (unpaired) electrons. The van der Waals surface area contributed by atoms with Gasteiger partial charge in [-0.25, -0.2) is 14.2 Å². The minimum Gasteiger partial charge on any atom is -0.464 e. The fourth-order valence-electron chi connectivity index (χ4n) is 3.09. The van der Waals surface area contributed by atoms with E-state index in [0.717, 1.165) is 4.57 Å². The Bertz CT molecular complexity index is 1320. The second kappa shape index (κ2) is 10.6. The third-order valence-electron chi connectivity index (χ3n) is 5.00. The van der Waals surface area contributed by atoms with Gasteiger partial charge in [0.1, 0.15) is 12.2 Å². The number of aromatic nitrogens is 5. The number of nitrogens with one attached hydrogen (secondary N) is 1. The van der Waals surface area contributed by atoms with Gasteiger partial charge in [0.15, 0.2) is 28.7 Å². The molecule has 0 spiro atoms. The molecule has 0 aliphatic heterocycles. The maximum Gasteiger partial charge on any atom is 0.425 e. The van der Waals surface area contributed by atoms with Crippen LogP contribution in [0.15, 0.2) is 23.1 Å². The third kappa shape index (κ3) is 5.49. The minimum atomic E-state index is -4.85. The van der Waals surface area contributed by atoms with E-state index in [2.05, 4.69) is 20.4 Å². The summed E-state index contributed by atoms with van der Waals surface area (Å²) in [5.41, 5.74) is -1.07. The maximum atomic E-state index is 15.1. The lowest BCUT2D eigenvalue weighted by Crippen LogP contribution is -2.33. The van der Waals surface area contributed by atoms with Crippen molar-refractivity contribution in [1.29, 1.82) is 0 Å². The summed E-state index contributed by atoms with van der Waals surface area (Å²) in [4.78, 5) is 33.2. The van der Waals surface area contributed by atoms with E-state index in [4.69, 9.17) is 16.3 Å². The summed E-state index contributed by atoms with van der Waals surface area (Å²) >= 11 is 5.99. The molecule has 0 saturated heterocycles. The number of alkyl halides is 3. The molecule has 3 aromatic rings. The van der Waals surface area contributed by atoms with Crippen LogP contribution in [0.2, 0.25) is 5.15 Å². The highest BCUT2D eigenvalue weighted by atomic mass is 35.5. The van der Waals surface area contributed by atoms with E-state index in [0.29, 0.717) is 29.7 Å². The number of nitrogens with zero attached hydrogens (tertiary/aromatic N) is 5. The summed E-state index contributed by atoms with van der Waals surface area (Å²) in [7, 11) is 0. The molecule has 0 saturated carbocycles.